The summed E-state index contributed by atoms with van der Waals surface area (Å²) < 4.78 is 55.4. The van der Waals surface area contributed by atoms with E-state index < -0.39 is 36.9 Å². The van der Waals surface area contributed by atoms with Crippen molar-refractivity contribution in [2.24, 2.45) is 7.05 Å². The van der Waals surface area contributed by atoms with Crippen LogP contribution in [-0.2, 0) is 24.0 Å². The van der Waals surface area contributed by atoms with Crippen LogP contribution in [-0.4, -0.2) is 23.3 Å². The van der Waals surface area contributed by atoms with Crippen molar-refractivity contribution in [3.8, 4) is 5.69 Å². The number of nitrogens with zero attached hydrogens (tertiary/aromatic N) is 3. The van der Waals surface area contributed by atoms with E-state index in [9.17, 15) is 27.3 Å². The second kappa shape index (κ2) is 6.41. The van der Waals surface area contributed by atoms with Gasteiger partial charge in [-0.2, -0.15) is 17.5 Å². The molecule has 3 rings (SSSR count). The highest BCUT2D eigenvalue weighted by Gasteiger charge is 2.35. The Labute approximate surface area is 152 Å². The molecule has 0 bridgehead atoms. The van der Waals surface area contributed by atoms with Gasteiger partial charge in [0.15, 0.2) is 0 Å². The molecule has 3 aromatic rings. The van der Waals surface area contributed by atoms with Gasteiger partial charge in [0.25, 0.3) is 5.56 Å². The maximum atomic E-state index is 12.9. The molecule has 2 heterocycles. The molecule has 2 aromatic heterocycles. The van der Waals surface area contributed by atoms with Gasteiger partial charge in [-0.3, -0.25) is 13.9 Å². The Kier molecular flexibility index (Phi) is 4.63. The fraction of sp³-hybridized carbons (Fsp3) is 0.214. The number of benzene rings is 1. The smallest absolute Gasteiger partial charge is 0.324 e. The van der Waals surface area contributed by atoms with Crippen LogP contribution in [0.2, 0.25) is 0 Å². The van der Waals surface area contributed by atoms with Crippen LogP contribution in [0, 0.1) is 0 Å². The highest BCUT2D eigenvalue weighted by molar-refractivity contribution is 7.50. The quantitative estimate of drug-likeness (QED) is 0.624. The lowest BCUT2D eigenvalue weighted by Crippen LogP contribution is -2.40. The summed E-state index contributed by atoms with van der Waals surface area (Å²) in [5.74, 6) is 0. The second-order valence-electron chi connectivity index (χ2n) is 5.68. The monoisotopic (exact) mass is 421 g/mol. The minimum absolute atomic E-state index is 0.0333. The molecule has 0 radical (unpaired) electrons. The van der Waals surface area contributed by atoms with E-state index in [0.29, 0.717) is 25.3 Å². The van der Waals surface area contributed by atoms with Crippen LogP contribution in [0.15, 0.2) is 33.9 Å². The van der Waals surface area contributed by atoms with Crippen molar-refractivity contribution in [3.05, 3.63) is 56.5 Å². The largest absolute Gasteiger partial charge is 0.431 e. The summed E-state index contributed by atoms with van der Waals surface area (Å²) in [6.45, 7) is 0. The van der Waals surface area contributed by atoms with E-state index in [1.54, 1.807) is 0 Å². The van der Waals surface area contributed by atoms with E-state index in [0.717, 1.165) is 18.6 Å². The summed E-state index contributed by atoms with van der Waals surface area (Å²) in [5.41, 5.74) is -3.72. The summed E-state index contributed by atoms with van der Waals surface area (Å²) >= 11 is 0.963. The minimum atomic E-state index is -4.87. The molecule has 0 aliphatic rings. The van der Waals surface area contributed by atoms with Crippen LogP contribution in [0.3, 0.4) is 0 Å². The third-order valence-electron chi connectivity index (χ3n) is 3.75. The van der Waals surface area contributed by atoms with Crippen molar-refractivity contribution in [2.75, 3.05) is 0 Å². The minimum Gasteiger partial charge on any atom is -0.324 e. The van der Waals surface area contributed by atoms with E-state index >= 15 is 0 Å². The molecule has 27 heavy (non-hydrogen) atoms. The van der Waals surface area contributed by atoms with Gasteiger partial charge in [-0.05, 0) is 29.7 Å². The number of aromatic nitrogens is 3. The zero-order valence-electron chi connectivity index (χ0n) is 13.5. The molecule has 2 N–H and O–H groups in total. The van der Waals surface area contributed by atoms with Crippen molar-refractivity contribution in [1.29, 1.82) is 0 Å². The fourth-order valence-corrected chi connectivity index (χ4v) is 4.06. The van der Waals surface area contributed by atoms with Gasteiger partial charge in [0, 0.05) is 18.5 Å². The normalized spacial score (nSPS) is 12.7. The fourth-order valence-electron chi connectivity index (χ4n) is 2.56. The van der Waals surface area contributed by atoms with Gasteiger partial charge in [-0.25, -0.2) is 9.36 Å². The van der Waals surface area contributed by atoms with Crippen molar-refractivity contribution in [3.63, 3.8) is 0 Å². The van der Waals surface area contributed by atoms with Crippen LogP contribution in [0.4, 0.5) is 13.2 Å². The maximum Gasteiger partial charge on any atom is 0.431 e. The molecule has 144 valence electrons. The molecule has 0 unspecified atom stereocenters. The molecule has 0 spiro atoms. The Morgan fingerprint density at radius 3 is 2.48 bits per heavy atom. The van der Waals surface area contributed by atoms with E-state index in [-0.39, 0.29) is 11.4 Å². The zero-order valence-corrected chi connectivity index (χ0v) is 15.2. The third kappa shape index (κ3) is 3.74. The van der Waals surface area contributed by atoms with Crippen molar-refractivity contribution < 1.29 is 27.5 Å². The summed E-state index contributed by atoms with van der Waals surface area (Å²) in [7, 11) is -3.52. The van der Waals surface area contributed by atoms with Crippen LogP contribution in [0.25, 0.3) is 15.8 Å². The number of alkyl halides is 3. The highest BCUT2D eigenvalue weighted by Crippen LogP contribution is 2.41. The second-order valence-corrected chi connectivity index (χ2v) is 8.13. The average molecular weight is 421 g/mol. The molecule has 1 aromatic carbocycles. The highest BCUT2D eigenvalue weighted by atomic mass is 32.1. The molecule has 0 atom stereocenters. The predicted octanol–water partition coefficient (Wildman–Crippen LogP) is 1.84. The zero-order chi connectivity index (χ0) is 20.1. The van der Waals surface area contributed by atoms with Crippen LogP contribution in [0.5, 0.6) is 0 Å². The first-order chi connectivity index (χ1) is 12.4. The number of hydrogen-bond acceptors (Lipinski definition) is 5. The Morgan fingerprint density at radius 2 is 1.89 bits per heavy atom. The van der Waals surface area contributed by atoms with Crippen molar-refractivity contribution >= 4 is 29.2 Å². The van der Waals surface area contributed by atoms with Crippen LogP contribution in [0.1, 0.15) is 11.4 Å². The Balaban J connectivity index is 2.23. The van der Waals surface area contributed by atoms with Gasteiger partial charge in [-0.15, -0.1) is 0 Å². The van der Waals surface area contributed by atoms with Gasteiger partial charge >= 0.3 is 19.5 Å². The number of rotatable bonds is 3. The Morgan fingerprint density at radius 1 is 1.22 bits per heavy atom. The first-order valence-corrected chi connectivity index (χ1v) is 9.79. The number of halogens is 3. The van der Waals surface area contributed by atoms with E-state index in [4.69, 9.17) is 9.79 Å². The lowest BCUT2D eigenvalue weighted by molar-refractivity contribution is -0.144. The standard InChI is InChI=1S/C14H11F3N3O5PS/c1-19-11(14(15,16)17)5-12(21)20(13(19)22)7-2-3-10-8(4-7)9(18-27-10)6-26(23,24)25/h2-5H,6H2,1H3,(H2,23,24,25). The summed E-state index contributed by atoms with van der Waals surface area (Å²) in [6.07, 6.45) is -5.51. The first kappa shape index (κ1) is 19.5. The molecule has 0 fully saturated rings. The van der Waals surface area contributed by atoms with Crippen LogP contribution >= 0.6 is 19.1 Å². The molecule has 0 saturated heterocycles. The Hall–Kier alpha value is -2.27. The first-order valence-electron chi connectivity index (χ1n) is 7.22. The summed E-state index contributed by atoms with van der Waals surface area (Å²) in [4.78, 5) is 42.7. The Bertz CT molecular complexity index is 1210. The van der Waals surface area contributed by atoms with Gasteiger partial charge < -0.3 is 9.79 Å². The van der Waals surface area contributed by atoms with Gasteiger partial charge in [-0.1, -0.05) is 0 Å². The number of fused-ring (bicyclic) bond motifs is 1. The third-order valence-corrected chi connectivity index (χ3v) is 5.33. The number of hydrogen-bond donors (Lipinski definition) is 2. The van der Waals surface area contributed by atoms with E-state index in [1.165, 1.54) is 18.2 Å². The molecule has 8 nitrogen and oxygen atoms in total. The van der Waals surface area contributed by atoms with E-state index in [1.807, 2.05) is 0 Å². The molecule has 0 saturated carbocycles. The SMILES string of the molecule is Cn1c(C(F)(F)F)cc(=O)n(-c2ccc3snc(CP(=O)(O)O)c3c2)c1=O. The van der Waals surface area contributed by atoms with Crippen molar-refractivity contribution in [1.82, 2.24) is 13.5 Å². The molecule has 0 aliphatic carbocycles. The molecule has 0 aliphatic heterocycles. The molecule has 13 heteroatoms. The lowest BCUT2D eigenvalue weighted by atomic mass is 10.2. The lowest BCUT2D eigenvalue weighted by Gasteiger charge is -2.14. The molecular weight excluding hydrogens is 410 g/mol. The van der Waals surface area contributed by atoms with Gasteiger partial charge in [0.05, 0.1) is 22.2 Å². The molecular formula is C14H11F3N3O5PS. The topological polar surface area (TPSA) is 114 Å². The summed E-state index contributed by atoms with van der Waals surface area (Å²) in [6, 6.07) is 4.42. The molecule has 0 amide bonds. The van der Waals surface area contributed by atoms with Crippen LogP contribution < -0.4 is 11.2 Å². The summed E-state index contributed by atoms with van der Waals surface area (Å²) in [5, 5.41) is 0.301. The van der Waals surface area contributed by atoms with Gasteiger partial charge in [0.2, 0.25) is 0 Å². The predicted molar refractivity (Wildman–Crippen MR) is 91.2 cm³/mol. The maximum absolute atomic E-state index is 12.9. The van der Waals surface area contributed by atoms with Gasteiger partial charge in [0.1, 0.15) is 5.69 Å². The average Bonchev–Trinajstić information content (AvgIpc) is 2.90. The van der Waals surface area contributed by atoms with Crippen molar-refractivity contribution in [2.45, 2.75) is 12.3 Å². The van der Waals surface area contributed by atoms with E-state index in [2.05, 4.69) is 4.37 Å².